The summed E-state index contributed by atoms with van der Waals surface area (Å²) in [7, 11) is -3.62. The molecule has 0 spiro atoms. The second-order valence-corrected chi connectivity index (χ2v) is 7.04. The van der Waals surface area contributed by atoms with Gasteiger partial charge in [0, 0.05) is 16.1 Å². The van der Waals surface area contributed by atoms with Crippen LogP contribution in [0.15, 0.2) is 47.4 Å². The monoisotopic (exact) mass is 324 g/mol. The van der Waals surface area contributed by atoms with Gasteiger partial charge in [0.1, 0.15) is 5.75 Å². The van der Waals surface area contributed by atoms with Crippen molar-refractivity contribution in [2.45, 2.75) is 17.6 Å². The lowest BCUT2D eigenvalue weighted by molar-refractivity contribution is 0.101. The quantitative estimate of drug-likeness (QED) is 0.876. The Morgan fingerprint density at radius 1 is 1.14 bits per heavy atom. The number of aromatic hydroxyl groups is 1. The highest BCUT2D eigenvalue weighted by molar-refractivity contribution is 7.90. The van der Waals surface area contributed by atoms with Crippen molar-refractivity contribution in [3.8, 4) is 5.75 Å². The maximum atomic E-state index is 12.3. The number of halogens is 1. The van der Waals surface area contributed by atoms with Crippen LogP contribution in [-0.2, 0) is 15.6 Å². The Hall–Kier alpha value is -1.85. The van der Waals surface area contributed by atoms with E-state index >= 15 is 0 Å². The van der Waals surface area contributed by atoms with Crippen LogP contribution in [0.25, 0.3) is 0 Å². The average Bonchev–Trinajstić information content (AvgIpc) is 2.41. The van der Waals surface area contributed by atoms with Crippen molar-refractivity contribution in [1.29, 1.82) is 0 Å². The first kappa shape index (κ1) is 15.5. The van der Waals surface area contributed by atoms with Gasteiger partial charge < -0.3 is 5.11 Å². The maximum Gasteiger partial charge on any atom is 0.182 e. The predicted molar refractivity (Wildman–Crippen MR) is 80.5 cm³/mol. The van der Waals surface area contributed by atoms with Gasteiger partial charge in [0.25, 0.3) is 0 Å². The Labute approximate surface area is 127 Å². The minimum Gasteiger partial charge on any atom is -0.508 e. The lowest BCUT2D eigenvalue weighted by Gasteiger charge is -2.08. The van der Waals surface area contributed by atoms with Crippen LogP contribution >= 0.6 is 11.6 Å². The van der Waals surface area contributed by atoms with E-state index in [1.54, 1.807) is 0 Å². The number of rotatable bonds is 4. The molecule has 0 unspecified atom stereocenters. The molecule has 21 heavy (non-hydrogen) atoms. The molecule has 2 aromatic rings. The Morgan fingerprint density at radius 2 is 1.76 bits per heavy atom. The second kappa shape index (κ2) is 5.87. The number of hydrogen-bond donors (Lipinski definition) is 1. The zero-order valence-electron chi connectivity index (χ0n) is 11.2. The fraction of sp³-hybridized carbons (Fsp3) is 0.133. The molecule has 4 nitrogen and oxygen atoms in total. The summed E-state index contributed by atoms with van der Waals surface area (Å²) in [4.78, 5) is 11.4. The SMILES string of the molecule is CC(=O)c1ccc(O)c(CS(=O)(=O)c2ccc(Cl)cc2)c1. The Balaban J connectivity index is 2.38. The highest BCUT2D eigenvalue weighted by Crippen LogP contribution is 2.25. The predicted octanol–water partition coefficient (Wildman–Crippen LogP) is 3.22. The van der Waals surface area contributed by atoms with Gasteiger partial charge in [-0.1, -0.05) is 11.6 Å². The molecule has 1 N–H and O–H groups in total. The van der Waals surface area contributed by atoms with Crippen molar-refractivity contribution in [2.75, 3.05) is 0 Å². The van der Waals surface area contributed by atoms with Crippen molar-refractivity contribution in [3.63, 3.8) is 0 Å². The molecule has 0 bridgehead atoms. The van der Waals surface area contributed by atoms with Gasteiger partial charge in [0.2, 0.25) is 0 Å². The minimum atomic E-state index is -3.62. The summed E-state index contributed by atoms with van der Waals surface area (Å²) in [6.07, 6.45) is 0. The van der Waals surface area contributed by atoms with Crippen LogP contribution < -0.4 is 0 Å². The molecule has 0 radical (unpaired) electrons. The third kappa shape index (κ3) is 3.62. The standard InChI is InChI=1S/C15H13ClO4S/c1-10(17)11-2-7-15(18)12(8-11)9-21(19,20)14-5-3-13(16)4-6-14/h2-8,18H,9H2,1H3. The van der Waals surface area contributed by atoms with Crippen LogP contribution in [-0.4, -0.2) is 19.3 Å². The second-order valence-electron chi connectivity index (χ2n) is 4.61. The van der Waals surface area contributed by atoms with Crippen molar-refractivity contribution < 1.29 is 18.3 Å². The summed E-state index contributed by atoms with van der Waals surface area (Å²) in [6, 6.07) is 9.96. The Kier molecular flexibility index (Phi) is 4.34. The molecule has 0 heterocycles. The average molecular weight is 325 g/mol. The summed E-state index contributed by atoms with van der Waals surface area (Å²) in [5.74, 6) is -0.737. The summed E-state index contributed by atoms with van der Waals surface area (Å²) in [5, 5.41) is 10.2. The molecule has 0 aliphatic rings. The number of phenolic OH excluding ortho intramolecular Hbond substituents is 1. The van der Waals surface area contributed by atoms with E-state index in [0.29, 0.717) is 10.6 Å². The van der Waals surface area contributed by atoms with Gasteiger partial charge in [-0.15, -0.1) is 0 Å². The fourth-order valence-corrected chi connectivity index (χ4v) is 3.33. The first-order valence-electron chi connectivity index (χ1n) is 6.11. The number of carbonyl (C=O) groups is 1. The molecule has 2 aromatic carbocycles. The smallest absolute Gasteiger partial charge is 0.182 e. The lowest BCUT2D eigenvalue weighted by atomic mass is 10.1. The number of sulfone groups is 1. The molecule has 0 saturated carbocycles. The molecule has 2 rings (SSSR count). The molecular formula is C15H13ClO4S. The van der Waals surface area contributed by atoms with E-state index in [0.717, 1.165) is 0 Å². The van der Waals surface area contributed by atoms with E-state index in [1.165, 1.54) is 49.4 Å². The van der Waals surface area contributed by atoms with Crippen LogP contribution in [0.3, 0.4) is 0 Å². The molecule has 6 heteroatoms. The van der Waals surface area contributed by atoms with Gasteiger partial charge in [-0.05, 0) is 49.4 Å². The lowest BCUT2D eigenvalue weighted by Crippen LogP contribution is -2.06. The number of ketones is 1. The first-order valence-corrected chi connectivity index (χ1v) is 8.14. The first-order chi connectivity index (χ1) is 9.79. The van der Waals surface area contributed by atoms with Crippen LogP contribution in [0, 0.1) is 0 Å². The van der Waals surface area contributed by atoms with Crippen LogP contribution in [0.1, 0.15) is 22.8 Å². The van der Waals surface area contributed by atoms with Gasteiger partial charge in [-0.2, -0.15) is 0 Å². The van der Waals surface area contributed by atoms with E-state index in [9.17, 15) is 18.3 Å². The highest BCUT2D eigenvalue weighted by Gasteiger charge is 2.18. The van der Waals surface area contributed by atoms with Crippen LogP contribution in [0.2, 0.25) is 5.02 Å². The molecule has 0 aliphatic carbocycles. The molecule has 0 fully saturated rings. The number of phenols is 1. The normalized spacial score (nSPS) is 11.3. The third-order valence-electron chi connectivity index (χ3n) is 3.00. The van der Waals surface area contributed by atoms with Crippen LogP contribution in [0.5, 0.6) is 5.75 Å². The Bertz CT molecular complexity index is 780. The Morgan fingerprint density at radius 3 is 2.33 bits per heavy atom. The van der Waals surface area contributed by atoms with E-state index < -0.39 is 9.84 Å². The van der Waals surface area contributed by atoms with Gasteiger partial charge >= 0.3 is 0 Å². The van der Waals surface area contributed by atoms with Crippen molar-refractivity contribution in [2.24, 2.45) is 0 Å². The molecule has 110 valence electrons. The van der Waals surface area contributed by atoms with E-state index in [2.05, 4.69) is 0 Å². The number of hydrogen-bond acceptors (Lipinski definition) is 4. The summed E-state index contributed by atoms with van der Waals surface area (Å²) in [5.41, 5.74) is 0.548. The highest BCUT2D eigenvalue weighted by atomic mass is 35.5. The topological polar surface area (TPSA) is 71.4 Å². The van der Waals surface area contributed by atoms with E-state index in [4.69, 9.17) is 11.6 Å². The molecular weight excluding hydrogens is 312 g/mol. The number of carbonyl (C=O) groups excluding carboxylic acids is 1. The van der Waals surface area contributed by atoms with Crippen LogP contribution in [0.4, 0.5) is 0 Å². The zero-order chi connectivity index (χ0) is 15.6. The van der Waals surface area contributed by atoms with E-state index in [-0.39, 0.29) is 27.7 Å². The summed E-state index contributed by atoms with van der Waals surface area (Å²) < 4.78 is 24.6. The zero-order valence-corrected chi connectivity index (χ0v) is 12.8. The molecule has 0 amide bonds. The van der Waals surface area contributed by atoms with Gasteiger partial charge in [0.05, 0.1) is 10.6 Å². The molecule has 0 atom stereocenters. The largest absolute Gasteiger partial charge is 0.508 e. The van der Waals surface area contributed by atoms with Gasteiger partial charge in [0.15, 0.2) is 15.6 Å². The number of Topliss-reactive ketones (excluding diaryl/α,β-unsaturated/α-hetero) is 1. The van der Waals surface area contributed by atoms with Gasteiger partial charge in [-0.3, -0.25) is 4.79 Å². The summed E-state index contributed by atoms with van der Waals surface area (Å²) in [6.45, 7) is 1.38. The van der Waals surface area contributed by atoms with Crippen molar-refractivity contribution >= 4 is 27.2 Å². The fourth-order valence-electron chi connectivity index (χ4n) is 1.85. The molecule has 0 aliphatic heterocycles. The maximum absolute atomic E-state index is 12.3. The van der Waals surface area contributed by atoms with E-state index in [1.807, 2.05) is 0 Å². The summed E-state index contributed by atoms with van der Waals surface area (Å²) >= 11 is 5.73. The van der Waals surface area contributed by atoms with Crippen molar-refractivity contribution in [1.82, 2.24) is 0 Å². The number of benzene rings is 2. The third-order valence-corrected chi connectivity index (χ3v) is 4.94. The van der Waals surface area contributed by atoms with Gasteiger partial charge in [-0.25, -0.2) is 8.42 Å². The molecule has 0 saturated heterocycles. The minimum absolute atomic E-state index is 0.111. The molecule has 0 aromatic heterocycles. The van der Waals surface area contributed by atoms with Crippen molar-refractivity contribution in [3.05, 3.63) is 58.6 Å².